The van der Waals surface area contributed by atoms with E-state index in [0.29, 0.717) is 89.9 Å². The lowest BCUT2D eigenvalue weighted by molar-refractivity contribution is -0.218. The third-order valence-corrected chi connectivity index (χ3v) is 20.8. The molecule has 0 radical (unpaired) electrons. The summed E-state index contributed by atoms with van der Waals surface area (Å²) in [6, 6.07) is 0. The minimum atomic E-state index is -0.843. The van der Waals surface area contributed by atoms with Crippen molar-refractivity contribution in [1.29, 1.82) is 0 Å². The average molecular weight is 1560 g/mol. The summed E-state index contributed by atoms with van der Waals surface area (Å²) in [5.74, 6) is -5.68. The summed E-state index contributed by atoms with van der Waals surface area (Å²) in [6.45, 7) is 27.4. The van der Waals surface area contributed by atoms with Crippen LogP contribution in [0.15, 0.2) is 0 Å². The SMILES string of the molecule is C.C.C.C.C.C.C.C.CCC(C)(C)C(=O)OCCC(=O)OC1CC2CCC1(C)OC2=O.CCC(C)(C)C(=O)OCCOC(=O)CCC(=O)OC1(C)CCC2CC1OC2=O.CCC(C)(C)C(=O)OCCOC(=O)CCC(=O)OC1CCC2CC1OC2=O.CCC(C)C(=O)OCCC(=O)OC1C(C)CC2CC1(C)OC2=O. The maximum Gasteiger partial charge on any atom is 0.311 e. The predicted octanol–water partition coefficient (Wildman–Crippen LogP) is 14.0. The molecule has 109 heavy (non-hydrogen) atoms. The van der Waals surface area contributed by atoms with Crippen molar-refractivity contribution in [3.8, 4) is 0 Å². The van der Waals surface area contributed by atoms with Gasteiger partial charge in [-0.05, 0) is 139 Å². The van der Waals surface area contributed by atoms with E-state index in [2.05, 4.69) is 0 Å². The van der Waals surface area contributed by atoms with Crippen LogP contribution in [0.3, 0.4) is 0 Å². The van der Waals surface area contributed by atoms with Crippen LogP contribution in [0.4, 0.5) is 0 Å². The number of hydrogen-bond acceptors (Lipinski definition) is 28. The Labute approximate surface area is 651 Å². The van der Waals surface area contributed by atoms with E-state index in [1.807, 2.05) is 62.3 Å². The topological polar surface area (TPSA) is 368 Å². The Hall–Kier alpha value is -7.42. The molecule has 0 spiro atoms. The minimum Gasteiger partial charge on any atom is -0.465 e. The maximum atomic E-state index is 12.1. The Bertz CT molecular complexity index is 2970. The van der Waals surface area contributed by atoms with Gasteiger partial charge in [-0.3, -0.25) is 67.1 Å². The van der Waals surface area contributed by atoms with Crippen LogP contribution in [0.25, 0.3) is 0 Å². The summed E-state index contributed by atoms with van der Waals surface area (Å²) in [6.07, 6.45) is 7.02. The van der Waals surface area contributed by atoms with Crippen LogP contribution < -0.4 is 0 Å². The van der Waals surface area contributed by atoms with Gasteiger partial charge < -0.3 is 66.3 Å². The molecular weight excluding hydrogens is 1420 g/mol. The molecule has 9 aliphatic rings. The fourth-order valence-electron chi connectivity index (χ4n) is 12.4. The number of hydrogen-bond donors (Lipinski definition) is 0. The number of carbonyl (C=O) groups excluding carboxylic acids is 14. The Kier molecular flexibility index (Phi) is 47.2. The van der Waals surface area contributed by atoms with Crippen molar-refractivity contribution in [3.63, 3.8) is 0 Å². The number of rotatable bonds is 30. The van der Waals surface area contributed by atoms with Crippen LogP contribution in [-0.2, 0) is 133 Å². The molecule has 5 heterocycles. The van der Waals surface area contributed by atoms with Crippen LogP contribution in [0.1, 0.15) is 298 Å². The number of ether oxygens (including phenoxy) is 14. The van der Waals surface area contributed by atoms with Crippen molar-refractivity contribution in [2.75, 3.05) is 39.6 Å². The van der Waals surface area contributed by atoms with Gasteiger partial charge >= 0.3 is 83.6 Å². The van der Waals surface area contributed by atoms with Gasteiger partial charge in [0.15, 0.2) is 0 Å². The van der Waals surface area contributed by atoms with E-state index in [1.165, 1.54) is 0 Å². The zero-order valence-corrected chi connectivity index (χ0v) is 61.9. The molecule has 0 aromatic heterocycles. The summed E-state index contributed by atoms with van der Waals surface area (Å²) >= 11 is 0. The standard InChI is InChI=1S/C20H30O8.C19H28O8.2C17H26O6.8CH4/c1-5-19(2,3)18(24)26-11-10-25-15(21)6-7-16(22)28-20(4)9-8-13-12-14(20)27-17(13)23;1-4-19(2,3)18(23)25-10-9-24-15(20)7-8-16(21)26-13-6-5-12-11-14(13)27-17(12)22;1-5-16(2,3)15(20)21-9-7-13(18)22-12-10-11-6-8-17(12,4)23-14(11)19;1-5-10(2)15(19)21-7-6-13(18)22-14-11(3)8-12-9-17(14,4)23-16(12)20;;;;;;;;/h13-14H,5-12H2,1-4H3;12-14H,4-11H2,1-3H3;11-12H,5-10H2,1-4H3;10-12,14H,5-9H2,1-4H3;8*1H4. The van der Waals surface area contributed by atoms with E-state index < -0.39 is 93.3 Å². The molecule has 9 fully saturated rings. The molecule has 14 atom stereocenters. The first kappa shape index (κ1) is 108. The monoisotopic (exact) mass is 1560 g/mol. The molecule has 9 rings (SSSR count). The number of fused-ring (bicyclic) bond motifs is 9. The normalized spacial score (nSPS) is 26.2. The molecule has 4 aliphatic carbocycles. The molecule has 28 heteroatoms. The van der Waals surface area contributed by atoms with Gasteiger partial charge in [0, 0.05) is 25.7 Å². The highest BCUT2D eigenvalue weighted by atomic mass is 16.6. The fourth-order valence-corrected chi connectivity index (χ4v) is 12.4. The van der Waals surface area contributed by atoms with Crippen LogP contribution in [0.2, 0.25) is 0 Å². The molecule has 0 aromatic carbocycles. The molecule has 0 amide bonds. The third kappa shape index (κ3) is 31.3. The van der Waals surface area contributed by atoms with Crippen molar-refractivity contribution in [3.05, 3.63) is 0 Å². The smallest absolute Gasteiger partial charge is 0.311 e. The van der Waals surface area contributed by atoms with E-state index in [4.69, 9.17) is 66.3 Å². The fraction of sp³-hybridized carbons (Fsp3) is 0.827. The average Bonchev–Trinajstić information content (AvgIpc) is 1.76. The molecule has 8 bridgehead atoms. The van der Waals surface area contributed by atoms with Crippen molar-refractivity contribution in [1.82, 2.24) is 0 Å². The Morgan fingerprint density at radius 3 is 1.37 bits per heavy atom. The quantitative estimate of drug-likeness (QED) is 0.0366. The first-order valence-corrected chi connectivity index (χ1v) is 35.9. The zero-order valence-electron chi connectivity index (χ0n) is 61.9. The molecule has 0 N–H and O–H groups in total. The van der Waals surface area contributed by atoms with Gasteiger partial charge in [-0.25, -0.2) is 0 Å². The van der Waals surface area contributed by atoms with Gasteiger partial charge in [0.25, 0.3) is 0 Å². The summed E-state index contributed by atoms with van der Waals surface area (Å²) in [7, 11) is 0. The summed E-state index contributed by atoms with van der Waals surface area (Å²) < 4.78 is 73.4. The lowest BCUT2D eigenvalue weighted by Crippen LogP contribution is -2.57. The number of carbonyl (C=O) groups is 14. The summed E-state index contributed by atoms with van der Waals surface area (Å²) in [5, 5.41) is 0. The van der Waals surface area contributed by atoms with Gasteiger partial charge in [-0.1, -0.05) is 101 Å². The molecule has 5 saturated heterocycles. The second-order valence-electron chi connectivity index (χ2n) is 30.2. The van der Waals surface area contributed by atoms with Gasteiger partial charge in [0.2, 0.25) is 0 Å². The van der Waals surface area contributed by atoms with Crippen molar-refractivity contribution in [2.24, 2.45) is 51.8 Å². The Morgan fingerprint density at radius 2 is 0.862 bits per heavy atom. The Balaban J connectivity index is -0.000000660. The third-order valence-electron chi connectivity index (χ3n) is 20.8. The van der Waals surface area contributed by atoms with Crippen molar-refractivity contribution < 1.29 is 133 Å². The van der Waals surface area contributed by atoms with Gasteiger partial charge in [-0.2, -0.15) is 0 Å². The molecule has 5 aliphatic heterocycles. The van der Waals surface area contributed by atoms with Crippen LogP contribution in [0, 0.1) is 51.8 Å². The molecule has 14 unspecified atom stereocenters. The largest absolute Gasteiger partial charge is 0.465 e. The Morgan fingerprint density at radius 1 is 0.440 bits per heavy atom. The van der Waals surface area contributed by atoms with E-state index >= 15 is 0 Å². The first-order chi connectivity index (χ1) is 47.2. The molecule has 28 nitrogen and oxygen atoms in total. The minimum absolute atomic E-state index is 0. The van der Waals surface area contributed by atoms with Crippen molar-refractivity contribution >= 4 is 83.6 Å². The maximum absolute atomic E-state index is 12.1. The van der Waals surface area contributed by atoms with Gasteiger partial charge in [0.1, 0.15) is 87.0 Å². The highest BCUT2D eigenvalue weighted by Gasteiger charge is 2.58. The second-order valence-corrected chi connectivity index (χ2v) is 30.2. The van der Waals surface area contributed by atoms with Gasteiger partial charge in [0.05, 0.1) is 84.4 Å². The lowest BCUT2D eigenvalue weighted by Gasteiger charge is -2.47. The molecular formula is C81H142O28. The van der Waals surface area contributed by atoms with E-state index in [0.717, 1.165) is 6.42 Å². The number of esters is 14. The van der Waals surface area contributed by atoms with E-state index in [1.54, 1.807) is 41.5 Å². The summed E-state index contributed by atoms with van der Waals surface area (Å²) in [4.78, 5) is 165. The van der Waals surface area contributed by atoms with Crippen LogP contribution >= 0.6 is 0 Å². The highest BCUT2D eigenvalue weighted by Crippen LogP contribution is 2.48. The van der Waals surface area contributed by atoms with E-state index in [-0.39, 0.29) is 227 Å². The highest BCUT2D eigenvalue weighted by molar-refractivity contribution is 5.82. The van der Waals surface area contributed by atoms with Gasteiger partial charge in [-0.15, -0.1) is 0 Å². The molecule has 0 aromatic rings. The zero-order chi connectivity index (χ0) is 75.4. The molecule has 634 valence electrons. The van der Waals surface area contributed by atoms with Crippen LogP contribution in [-0.4, -0.2) is 171 Å². The lowest BCUT2D eigenvalue weighted by atomic mass is 9.74. The first-order valence-electron chi connectivity index (χ1n) is 35.9. The van der Waals surface area contributed by atoms with Crippen molar-refractivity contribution in [2.45, 2.75) is 345 Å². The summed E-state index contributed by atoms with van der Waals surface area (Å²) in [5.41, 5.74) is -3.99. The van der Waals surface area contributed by atoms with E-state index in [9.17, 15) is 67.1 Å². The van der Waals surface area contributed by atoms with Crippen LogP contribution in [0.5, 0.6) is 0 Å². The predicted molar refractivity (Wildman–Crippen MR) is 406 cm³/mol. The molecule has 4 saturated carbocycles. The second kappa shape index (κ2) is 47.7.